The molecule has 6 N–H and O–H groups in total. The lowest BCUT2D eigenvalue weighted by atomic mass is 9.97. The summed E-state index contributed by atoms with van der Waals surface area (Å²) in [7, 11) is 1.40. The number of nitrogens with two attached hydrogens (primary N) is 1. The van der Waals surface area contributed by atoms with E-state index in [0.717, 1.165) is 54.5 Å². The van der Waals surface area contributed by atoms with Gasteiger partial charge in [0.15, 0.2) is 23.9 Å². The molecule has 3 aromatic heterocycles. The van der Waals surface area contributed by atoms with E-state index in [1.165, 1.54) is 48.1 Å². The Bertz CT molecular complexity index is 2240. The van der Waals surface area contributed by atoms with E-state index in [1.807, 2.05) is 11.8 Å². The quantitative estimate of drug-likeness (QED) is 0.126. The molecule has 7 rings (SSSR count). The topological polar surface area (TPSA) is 198 Å². The van der Waals surface area contributed by atoms with Crippen LogP contribution in [0.25, 0.3) is 17.1 Å². The summed E-state index contributed by atoms with van der Waals surface area (Å²) in [5.74, 6) is -1.76. The molecule has 0 radical (unpaired) electrons. The molecule has 16 nitrogen and oxygen atoms in total. The number of amides is 3. The second kappa shape index (κ2) is 16.6. The molecular weight excluding hydrogens is 795 g/mol. The van der Waals surface area contributed by atoms with Crippen LogP contribution in [0.1, 0.15) is 59.3 Å². The number of halogens is 4. The van der Waals surface area contributed by atoms with Gasteiger partial charge < -0.3 is 40.7 Å². The Balaban J connectivity index is 0.991. The van der Waals surface area contributed by atoms with Gasteiger partial charge in [0.05, 0.1) is 58.6 Å². The summed E-state index contributed by atoms with van der Waals surface area (Å²) in [5.41, 5.74) is 4.39. The first-order valence-corrected chi connectivity index (χ1v) is 19.8. The number of carboxylic acid groups (broad SMARTS) is 1. The summed E-state index contributed by atoms with van der Waals surface area (Å²) in [4.78, 5) is 65.4. The maximum absolute atomic E-state index is 14.1. The molecule has 4 aromatic rings. The second-order valence-electron chi connectivity index (χ2n) is 15.6. The molecular formula is C39H46ClF3N11O5+. The number of nitrogens with zero attached hydrogens (tertiary/aromatic N) is 7. The summed E-state index contributed by atoms with van der Waals surface area (Å²) in [6, 6.07) is 7.34. The van der Waals surface area contributed by atoms with E-state index in [1.54, 1.807) is 4.90 Å². The van der Waals surface area contributed by atoms with Crippen molar-refractivity contribution in [2.24, 2.45) is 18.9 Å². The number of hydrogen-bond acceptors (Lipinski definition) is 9. The summed E-state index contributed by atoms with van der Waals surface area (Å²) in [6.45, 7) is 6.14. The van der Waals surface area contributed by atoms with Crippen molar-refractivity contribution < 1.29 is 42.4 Å². The fourth-order valence-electron chi connectivity index (χ4n) is 7.96. The number of pyridine rings is 1. The number of nitrogen functional groups attached to an aromatic ring is 1. The summed E-state index contributed by atoms with van der Waals surface area (Å²) in [5, 5.41) is 19.1. The van der Waals surface area contributed by atoms with Crippen molar-refractivity contribution in [1.82, 2.24) is 39.4 Å². The maximum Gasteiger partial charge on any atom is 0.435 e. The second-order valence-corrected chi connectivity index (χ2v) is 16.0. The molecule has 0 bridgehead atoms. The summed E-state index contributed by atoms with van der Waals surface area (Å²) >= 11 is 6.64. The zero-order valence-corrected chi connectivity index (χ0v) is 33.3. The number of carboxylic acids is 1. The minimum absolute atomic E-state index is 0.0141. The van der Waals surface area contributed by atoms with Crippen LogP contribution in [0.2, 0.25) is 5.02 Å². The van der Waals surface area contributed by atoms with Crippen LogP contribution in [0, 0.1) is 11.8 Å². The standard InChI is InChI=1S/C39H45ClF3N11O5/c1-3-24(8-11-51(21-32(55)56)19-23-15-45-16-23)36(58)52-12-13-53(38(22-52)9-10-38)37(59)27-6-5-26(14-29(27)40)48-35(57)34-47-18-30(50(34)2)28-20-54(49-33(28)39(41,42)43)31-7-4-25(44)17-46-31/h4-7,14,17-18,20,23-24,45H,3,8-13,15-16,19,21-22,44H2,1-2H3,(H,48,57)(H,55,56)/p+1. The van der Waals surface area contributed by atoms with Crippen molar-refractivity contribution in [3.05, 3.63) is 71.0 Å². The van der Waals surface area contributed by atoms with Crippen molar-refractivity contribution >= 4 is 46.7 Å². The van der Waals surface area contributed by atoms with E-state index in [-0.39, 0.29) is 63.5 Å². The number of quaternary nitrogens is 1. The van der Waals surface area contributed by atoms with Gasteiger partial charge in [0.25, 0.3) is 11.8 Å². The molecule has 3 amide bonds. The minimum Gasteiger partial charge on any atom is -0.477 e. The largest absolute Gasteiger partial charge is 0.477 e. The van der Waals surface area contributed by atoms with Gasteiger partial charge in [0, 0.05) is 69.9 Å². The Hall–Kier alpha value is -5.53. The first-order chi connectivity index (χ1) is 28.1. The molecule has 2 unspecified atom stereocenters. The average Bonchev–Trinajstić information content (AvgIpc) is 3.58. The molecule has 2 saturated heterocycles. The smallest absolute Gasteiger partial charge is 0.435 e. The van der Waals surface area contributed by atoms with E-state index in [2.05, 4.69) is 25.7 Å². The Morgan fingerprint density at radius 1 is 1.12 bits per heavy atom. The Morgan fingerprint density at radius 2 is 1.88 bits per heavy atom. The minimum atomic E-state index is -4.83. The van der Waals surface area contributed by atoms with Crippen molar-refractivity contribution in [3.63, 3.8) is 0 Å². The monoisotopic (exact) mass is 840 g/mol. The van der Waals surface area contributed by atoms with E-state index >= 15 is 0 Å². The molecule has 1 saturated carbocycles. The normalized spacial score (nSPS) is 17.4. The number of hydrogen-bond donors (Lipinski definition) is 5. The highest BCUT2D eigenvalue weighted by atomic mass is 35.5. The third-order valence-corrected chi connectivity index (χ3v) is 11.8. The lowest BCUT2D eigenvalue weighted by Gasteiger charge is -2.43. The number of aromatic nitrogens is 5. The van der Waals surface area contributed by atoms with Crippen LogP contribution in [0.4, 0.5) is 24.5 Å². The van der Waals surface area contributed by atoms with Gasteiger partial charge in [0.1, 0.15) is 0 Å². The SMILES string of the molecule is CCC(CC[NH+](CC(=O)O)CC1CNC1)C(=O)N1CCN(C(=O)c2ccc(NC(=O)c3ncc(-c4cn(-c5ccc(N)cn5)nc4C(F)(F)F)n3C)cc2Cl)C2(CC2)C1. The van der Waals surface area contributed by atoms with E-state index < -0.39 is 29.3 Å². The third kappa shape index (κ3) is 8.91. The molecule has 3 fully saturated rings. The molecule has 314 valence electrons. The third-order valence-electron chi connectivity index (χ3n) is 11.5. The molecule has 2 aliphatic heterocycles. The number of anilines is 2. The number of nitrogens with one attached hydrogen (secondary N) is 3. The van der Waals surface area contributed by atoms with Gasteiger partial charge in [-0.2, -0.15) is 18.3 Å². The maximum atomic E-state index is 14.1. The number of carbonyl (C=O) groups is 4. The Labute approximate surface area is 342 Å². The lowest BCUT2D eigenvalue weighted by molar-refractivity contribution is -0.897. The molecule has 1 aliphatic carbocycles. The highest BCUT2D eigenvalue weighted by Gasteiger charge is 2.54. The molecule has 59 heavy (non-hydrogen) atoms. The number of aliphatic carboxylic acids is 1. The first kappa shape index (κ1) is 41.6. The van der Waals surface area contributed by atoms with Crippen LogP contribution in [-0.2, 0) is 22.8 Å². The lowest BCUT2D eigenvalue weighted by Crippen LogP contribution is -3.14. The van der Waals surface area contributed by atoms with Gasteiger partial charge >= 0.3 is 12.1 Å². The van der Waals surface area contributed by atoms with Crippen LogP contribution in [0.15, 0.2) is 48.9 Å². The number of imidazole rings is 1. The fraction of sp³-hybridized carbons (Fsp3) is 0.462. The van der Waals surface area contributed by atoms with Crippen LogP contribution in [0.3, 0.4) is 0 Å². The number of benzene rings is 1. The van der Waals surface area contributed by atoms with Crippen LogP contribution in [-0.4, -0.2) is 121 Å². The van der Waals surface area contributed by atoms with Gasteiger partial charge in [-0.25, -0.2) is 19.4 Å². The van der Waals surface area contributed by atoms with Gasteiger partial charge in [-0.3, -0.25) is 14.4 Å². The van der Waals surface area contributed by atoms with E-state index in [4.69, 9.17) is 17.3 Å². The van der Waals surface area contributed by atoms with Gasteiger partial charge in [-0.05, 0) is 49.6 Å². The molecule has 5 heterocycles. The van der Waals surface area contributed by atoms with E-state index in [9.17, 15) is 37.5 Å². The zero-order chi connectivity index (χ0) is 42.2. The predicted molar refractivity (Wildman–Crippen MR) is 210 cm³/mol. The average molecular weight is 841 g/mol. The van der Waals surface area contributed by atoms with Crippen LogP contribution < -0.4 is 21.3 Å². The summed E-state index contributed by atoms with van der Waals surface area (Å²) < 4.78 is 44.5. The number of rotatable bonds is 14. The van der Waals surface area contributed by atoms with E-state index in [0.29, 0.717) is 50.6 Å². The van der Waals surface area contributed by atoms with Gasteiger partial charge in [-0.1, -0.05) is 18.5 Å². The Kier molecular flexibility index (Phi) is 11.7. The van der Waals surface area contributed by atoms with Crippen molar-refractivity contribution in [3.8, 4) is 17.1 Å². The van der Waals surface area contributed by atoms with Crippen molar-refractivity contribution in [2.45, 2.75) is 44.3 Å². The zero-order valence-electron chi connectivity index (χ0n) is 32.6. The first-order valence-electron chi connectivity index (χ1n) is 19.5. The highest BCUT2D eigenvalue weighted by molar-refractivity contribution is 6.34. The fourth-order valence-corrected chi connectivity index (χ4v) is 8.22. The molecule has 2 atom stereocenters. The summed E-state index contributed by atoms with van der Waals surface area (Å²) in [6.07, 6.45) is 1.42. The molecule has 20 heteroatoms. The van der Waals surface area contributed by atoms with Crippen molar-refractivity contribution in [1.29, 1.82) is 0 Å². The predicted octanol–water partition coefficient (Wildman–Crippen LogP) is 2.60. The van der Waals surface area contributed by atoms with Gasteiger partial charge in [0.2, 0.25) is 5.91 Å². The molecule has 1 spiro atoms. The number of piperazine rings is 1. The van der Waals surface area contributed by atoms with Gasteiger partial charge in [-0.15, -0.1) is 0 Å². The number of carbonyl (C=O) groups excluding carboxylic acids is 3. The molecule has 1 aromatic carbocycles. The van der Waals surface area contributed by atoms with Crippen molar-refractivity contribution in [2.75, 3.05) is 63.4 Å². The Morgan fingerprint density at radius 3 is 2.49 bits per heavy atom. The number of alkyl halides is 3. The van der Waals surface area contributed by atoms with Crippen LogP contribution in [0.5, 0.6) is 0 Å². The van der Waals surface area contributed by atoms with Crippen LogP contribution >= 0.6 is 11.6 Å². The highest BCUT2D eigenvalue weighted by Crippen LogP contribution is 2.46. The molecule has 3 aliphatic rings.